The molecule has 0 bridgehead atoms. The first-order valence-corrected chi connectivity index (χ1v) is 13.0. The Balaban J connectivity index is 0.00000320. The zero-order valence-corrected chi connectivity index (χ0v) is 22.6. The van der Waals surface area contributed by atoms with Crippen LogP contribution in [-0.2, 0) is 0 Å². The Kier molecular flexibility index (Phi) is 9.32. The Morgan fingerprint density at radius 3 is 2.22 bits per heavy atom. The van der Waals surface area contributed by atoms with Crippen LogP contribution in [-0.4, -0.2) is 45.4 Å². The first-order valence-electron chi connectivity index (χ1n) is 13.0. The third-order valence-electron chi connectivity index (χ3n) is 7.09. The normalized spacial score (nSPS) is 13.7. The molecule has 0 N–H and O–H groups in total. The van der Waals surface area contributed by atoms with Crippen LogP contribution >= 0.6 is 12.4 Å². The lowest BCUT2D eigenvalue weighted by molar-refractivity contribution is 0.205. The van der Waals surface area contributed by atoms with Gasteiger partial charge in [0.15, 0.2) is 0 Å². The number of nitrogens with zero attached hydrogens (tertiary/aromatic N) is 1. The third kappa shape index (κ3) is 6.38. The van der Waals surface area contributed by atoms with E-state index in [0.29, 0.717) is 0 Å². The molecule has 1 aliphatic heterocycles. The first-order chi connectivity index (χ1) is 17.7. The van der Waals surface area contributed by atoms with Gasteiger partial charge in [-0.15, -0.1) is 12.4 Å². The number of likely N-dealkylation sites (tertiary alicyclic amines) is 1. The monoisotopic (exact) mass is 517 g/mol. The van der Waals surface area contributed by atoms with Gasteiger partial charge in [-0.25, -0.2) is 0 Å². The summed E-state index contributed by atoms with van der Waals surface area (Å²) >= 11 is 0. The molecule has 1 aliphatic rings. The molecule has 0 amide bonds. The molecule has 0 saturated carbocycles. The standard InChI is InChI=1S/C32H35NO3.ClH/c1-34-27-13-10-24(11-14-27)30-16-12-25-22-28(35-2)15-17-31(25)32(30)26-8-6-9-29(23-26)36-21-7-20-33-18-4-3-5-19-33;/h6,8-17,22-23H,3-5,7,18-21H2,1-2H3;1H. The maximum atomic E-state index is 6.22. The van der Waals surface area contributed by atoms with Crippen molar-refractivity contribution in [2.75, 3.05) is 40.5 Å². The van der Waals surface area contributed by atoms with Crippen LogP contribution in [0.25, 0.3) is 33.0 Å². The minimum atomic E-state index is 0. The fourth-order valence-electron chi connectivity index (χ4n) is 5.16. The highest BCUT2D eigenvalue weighted by Gasteiger charge is 2.14. The smallest absolute Gasteiger partial charge is 0.119 e. The maximum Gasteiger partial charge on any atom is 0.119 e. The fourth-order valence-corrected chi connectivity index (χ4v) is 5.16. The lowest BCUT2D eigenvalue weighted by atomic mass is 9.89. The van der Waals surface area contributed by atoms with E-state index in [1.54, 1.807) is 14.2 Å². The Morgan fingerprint density at radius 1 is 0.703 bits per heavy atom. The van der Waals surface area contributed by atoms with Gasteiger partial charge < -0.3 is 19.1 Å². The average molecular weight is 518 g/mol. The summed E-state index contributed by atoms with van der Waals surface area (Å²) in [5, 5.41) is 2.33. The van der Waals surface area contributed by atoms with Crippen molar-refractivity contribution in [3.8, 4) is 39.5 Å². The summed E-state index contributed by atoms with van der Waals surface area (Å²) in [6.07, 6.45) is 5.08. The molecule has 5 heteroatoms. The van der Waals surface area contributed by atoms with Crippen molar-refractivity contribution >= 4 is 23.2 Å². The van der Waals surface area contributed by atoms with Crippen LogP contribution in [0.1, 0.15) is 25.7 Å². The van der Waals surface area contributed by atoms with Crippen LogP contribution < -0.4 is 14.2 Å². The number of hydrogen-bond donors (Lipinski definition) is 0. The second kappa shape index (κ2) is 12.8. The SMILES string of the molecule is COc1ccc(-c2ccc3cc(OC)ccc3c2-c2cccc(OCCCN3CCCCC3)c2)cc1.Cl. The second-order valence-electron chi connectivity index (χ2n) is 9.44. The highest BCUT2D eigenvalue weighted by molar-refractivity contribution is 6.04. The Bertz CT molecular complexity index is 1300. The van der Waals surface area contributed by atoms with Crippen molar-refractivity contribution in [2.45, 2.75) is 25.7 Å². The van der Waals surface area contributed by atoms with Crippen molar-refractivity contribution in [1.82, 2.24) is 4.90 Å². The number of halogens is 1. The van der Waals surface area contributed by atoms with E-state index in [4.69, 9.17) is 14.2 Å². The van der Waals surface area contributed by atoms with Gasteiger partial charge in [0.25, 0.3) is 0 Å². The van der Waals surface area contributed by atoms with E-state index < -0.39 is 0 Å². The molecule has 194 valence electrons. The van der Waals surface area contributed by atoms with E-state index in [-0.39, 0.29) is 12.4 Å². The molecule has 4 aromatic rings. The van der Waals surface area contributed by atoms with Crippen molar-refractivity contribution in [3.63, 3.8) is 0 Å². The number of piperidine rings is 1. The number of methoxy groups -OCH3 is 2. The molecular weight excluding hydrogens is 482 g/mol. The van der Waals surface area contributed by atoms with Gasteiger partial charge in [-0.05, 0) is 102 Å². The van der Waals surface area contributed by atoms with Crippen LogP contribution in [0.15, 0.2) is 78.9 Å². The Labute approximate surface area is 226 Å². The summed E-state index contributed by atoms with van der Waals surface area (Å²) in [4.78, 5) is 2.56. The van der Waals surface area contributed by atoms with Crippen molar-refractivity contribution in [2.24, 2.45) is 0 Å². The molecule has 4 nitrogen and oxygen atoms in total. The predicted octanol–water partition coefficient (Wildman–Crippen LogP) is 7.87. The van der Waals surface area contributed by atoms with Crippen LogP contribution in [0, 0.1) is 0 Å². The van der Waals surface area contributed by atoms with Gasteiger partial charge in [0.1, 0.15) is 17.2 Å². The first kappa shape index (κ1) is 26.8. The topological polar surface area (TPSA) is 30.9 Å². The molecule has 0 aromatic heterocycles. The summed E-state index contributed by atoms with van der Waals surface area (Å²) < 4.78 is 17.1. The zero-order chi connectivity index (χ0) is 24.7. The highest BCUT2D eigenvalue weighted by atomic mass is 35.5. The van der Waals surface area contributed by atoms with E-state index in [1.807, 2.05) is 18.2 Å². The molecule has 1 saturated heterocycles. The number of hydrogen-bond acceptors (Lipinski definition) is 4. The molecule has 37 heavy (non-hydrogen) atoms. The quantitative estimate of drug-likeness (QED) is 0.211. The molecule has 0 radical (unpaired) electrons. The Morgan fingerprint density at radius 2 is 1.46 bits per heavy atom. The van der Waals surface area contributed by atoms with E-state index >= 15 is 0 Å². The van der Waals surface area contributed by atoms with Crippen LogP contribution in [0.5, 0.6) is 17.2 Å². The molecule has 0 unspecified atom stereocenters. The average Bonchev–Trinajstić information content (AvgIpc) is 2.95. The van der Waals surface area contributed by atoms with Crippen molar-refractivity contribution in [1.29, 1.82) is 0 Å². The van der Waals surface area contributed by atoms with Crippen molar-refractivity contribution in [3.05, 3.63) is 78.9 Å². The van der Waals surface area contributed by atoms with E-state index in [9.17, 15) is 0 Å². The minimum Gasteiger partial charge on any atom is -0.497 e. The largest absolute Gasteiger partial charge is 0.497 e. The summed E-state index contributed by atoms with van der Waals surface area (Å²) in [6.45, 7) is 4.31. The van der Waals surface area contributed by atoms with Gasteiger partial charge in [0.2, 0.25) is 0 Å². The highest BCUT2D eigenvalue weighted by Crippen LogP contribution is 2.40. The van der Waals surface area contributed by atoms with Crippen LogP contribution in [0.4, 0.5) is 0 Å². The van der Waals surface area contributed by atoms with Gasteiger partial charge in [0, 0.05) is 6.54 Å². The maximum absolute atomic E-state index is 6.22. The summed E-state index contributed by atoms with van der Waals surface area (Å²) in [5.74, 6) is 2.62. The molecule has 1 heterocycles. The van der Waals surface area contributed by atoms with Gasteiger partial charge in [-0.1, -0.05) is 48.9 Å². The fraction of sp³-hybridized carbons (Fsp3) is 0.312. The van der Waals surface area contributed by atoms with E-state index in [0.717, 1.165) is 53.3 Å². The van der Waals surface area contributed by atoms with Gasteiger partial charge in [0.05, 0.1) is 20.8 Å². The molecule has 4 aromatic carbocycles. The molecule has 1 fully saturated rings. The Hall–Kier alpha value is -3.21. The second-order valence-corrected chi connectivity index (χ2v) is 9.44. The summed E-state index contributed by atoms with van der Waals surface area (Å²) in [7, 11) is 3.40. The van der Waals surface area contributed by atoms with Crippen molar-refractivity contribution < 1.29 is 14.2 Å². The minimum absolute atomic E-state index is 0. The van der Waals surface area contributed by atoms with E-state index in [1.165, 1.54) is 48.9 Å². The summed E-state index contributed by atoms with van der Waals surface area (Å²) in [5.41, 5.74) is 4.66. The third-order valence-corrected chi connectivity index (χ3v) is 7.09. The van der Waals surface area contributed by atoms with E-state index in [2.05, 4.69) is 65.6 Å². The lowest BCUT2D eigenvalue weighted by Crippen LogP contribution is -2.31. The number of rotatable bonds is 9. The van der Waals surface area contributed by atoms with Gasteiger partial charge in [-0.3, -0.25) is 0 Å². The predicted molar refractivity (Wildman–Crippen MR) is 156 cm³/mol. The number of benzene rings is 4. The molecule has 0 atom stereocenters. The number of ether oxygens (including phenoxy) is 3. The lowest BCUT2D eigenvalue weighted by Gasteiger charge is -2.26. The summed E-state index contributed by atoms with van der Waals surface area (Å²) in [6, 6.07) is 27.4. The van der Waals surface area contributed by atoms with Gasteiger partial charge in [-0.2, -0.15) is 0 Å². The van der Waals surface area contributed by atoms with Crippen LogP contribution in [0.3, 0.4) is 0 Å². The molecule has 5 rings (SSSR count). The number of fused-ring (bicyclic) bond motifs is 1. The van der Waals surface area contributed by atoms with Crippen LogP contribution in [0.2, 0.25) is 0 Å². The zero-order valence-electron chi connectivity index (χ0n) is 21.7. The molecule has 0 aliphatic carbocycles. The van der Waals surface area contributed by atoms with Gasteiger partial charge >= 0.3 is 0 Å². The molecular formula is C32H36ClNO3. The molecule has 0 spiro atoms.